The molecule has 0 saturated heterocycles. The molecule has 0 aliphatic rings. The molecule has 17 heavy (non-hydrogen) atoms. The smallest absolute Gasteiger partial charge is 0.0618 e. The summed E-state index contributed by atoms with van der Waals surface area (Å²) < 4.78 is 1.28. The van der Waals surface area contributed by atoms with Gasteiger partial charge in [-0.25, -0.2) is 0 Å². The first-order valence-corrected chi connectivity index (χ1v) is 6.30. The van der Waals surface area contributed by atoms with Gasteiger partial charge in [0.1, 0.15) is 0 Å². The standard InChI is InChI=1S/C14H12N2S/c15-11-6-2-3-7-12(11)16-13-9-17-14-8-4-1-5-10(13)14/h1-9,16H,15H2. The Balaban J connectivity index is 2.03. The van der Waals surface area contributed by atoms with E-state index in [-0.39, 0.29) is 0 Å². The lowest BCUT2D eigenvalue weighted by atomic mass is 10.2. The summed E-state index contributed by atoms with van der Waals surface area (Å²) in [7, 11) is 0. The molecule has 1 heterocycles. The lowest BCUT2D eigenvalue weighted by Crippen LogP contribution is -1.94. The van der Waals surface area contributed by atoms with Gasteiger partial charge < -0.3 is 11.1 Å². The van der Waals surface area contributed by atoms with E-state index in [1.165, 1.54) is 10.1 Å². The van der Waals surface area contributed by atoms with Gasteiger partial charge >= 0.3 is 0 Å². The van der Waals surface area contributed by atoms with Gasteiger partial charge in [-0.15, -0.1) is 11.3 Å². The molecule has 0 aliphatic carbocycles. The maximum absolute atomic E-state index is 5.92. The van der Waals surface area contributed by atoms with E-state index < -0.39 is 0 Å². The molecule has 0 radical (unpaired) electrons. The Hall–Kier alpha value is -2.00. The Labute approximate surface area is 104 Å². The molecule has 0 saturated carbocycles. The van der Waals surface area contributed by atoms with Crippen molar-refractivity contribution in [3.05, 3.63) is 53.9 Å². The largest absolute Gasteiger partial charge is 0.397 e. The van der Waals surface area contributed by atoms with Crippen LogP contribution in [0.25, 0.3) is 10.1 Å². The predicted molar refractivity (Wildman–Crippen MR) is 76.0 cm³/mol. The number of hydrogen-bond donors (Lipinski definition) is 2. The SMILES string of the molecule is Nc1ccccc1Nc1csc2ccccc12. The fourth-order valence-corrected chi connectivity index (χ4v) is 2.72. The number of rotatable bonds is 2. The number of nitrogens with one attached hydrogen (secondary N) is 1. The van der Waals surface area contributed by atoms with Gasteiger partial charge in [0.2, 0.25) is 0 Å². The van der Waals surface area contributed by atoms with E-state index in [9.17, 15) is 0 Å². The highest BCUT2D eigenvalue weighted by molar-refractivity contribution is 7.17. The maximum Gasteiger partial charge on any atom is 0.0618 e. The van der Waals surface area contributed by atoms with Crippen molar-refractivity contribution in [3.63, 3.8) is 0 Å². The zero-order valence-electron chi connectivity index (χ0n) is 9.18. The third kappa shape index (κ3) is 1.85. The third-order valence-electron chi connectivity index (χ3n) is 2.71. The highest BCUT2D eigenvalue weighted by atomic mass is 32.1. The fraction of sp³-hybridized carbons (Fsp3) is 0. The molecule has 3 heteroatoms. The highest BCUT2D eigenvalue weighted by Gasteiger charge is 2.04. The van der Waals surface area contributed by atoms with Crippen LogP contribution in [0, 0.1) is 0 Å². The monoisotopic (exact) mass is 240 g/mol. The van der Waals surface area contributed by atoms with Crippen molar-refractivity contribution < 1.29 is 0 Å². The first kappa shape index (κ1) is 10.2. The Morgan fingerprint density at radius 2 is 1.65 bits per heavy atom. The molecule has 0 bridgehead atoms. The van der Waals surface area contributed by atoms with Crippen molar-refractivity contribution >= 4 is 38.5 Å². The topological polar surface area (TPSA) is 38.0 Å². The van der Waals surface area contributed by atoms with E-state index >= 15 is 0 Å². The van der Waals surface area contributed by atoms with Crippen LogP contribution in [-0.4, -0.2) is 0 Å². The van der Waals surface area contributed by atoms with Gasteiger partial charge in [-0.2, -0.15) is 0 Å². The lowest BCUT2D eigenvalue weighted by molar-refractivity contribution is 1.59. The summed E-state index contributed by atoms with van der Waals surface area (Å²) in [6.07, 6.45) is 0. The van der Waals surface area contributed by atoms with Gasteiger partial charge in [-0.05, 0) is 18.2 Å². The van der Waals surface area contributed by atoms with Crippen LogP contribution in [-0.2, 0) is 0 Å². The van der Waals surface area contributed by atoms with Crippen LogP contribution in [0.3, 0.4) is 0 Å². The average Bonchev–Trinajstić information content (AvgIpc) is 2.76. The summed E-state index contributed by atoms with van der Waals surface area (Å²) in [5.74, 6) is 0. The van der Waals surface area contributed by atoms with E-state index in [4.69, 9.17) is 5.73 Å². The molecule has 0 spiro atoms. The van der Waals surface area contributed by atoms with Gasteiger partial charge in [-0.3, -0.25) is 0 Å². The van der Waals surface area contributed by atoms with E-state index in [1.54, 1.807) is 11.3 Å². The van der Waals surface area contributed by atoms with E-state index in [0.717, 1.165) is 17.1 Å². The molecule has 2 nitrogen and oxygen atoms in total. The van der Waals surface area contributed by atoms with Gasteiger partial charge in [0.05, 0.1) is 17.1 Å². The molecular formula is C14H12N2S. The highest BCUT2D eigenvalue weighted by Crippen LogP contribution is 2.33. The normalized spacial score (nSPS) is 10.6. The zero-order valence-corrected chi connectivity index (χ0v) is 10.00. The van der Waals surface area contributed by atoms with Crippen LogP contribution in [0.5, 0.6) is 0 Å². The number of hydrogen-bond acceptors (Lipinski definition) is 3. The Bertz CT molecular complexity index is 658. The fourth-order valence-electron chi connectivity index (χ4n) is 1.83. The lowest BCUT2D eigenvalue weighted by Gasteiger charge is -2.07. The Morgan fingerprint density at radius 1 is 0.882 bits per heavy atom. The van der Waals surface area contributed by atoms with Crippen LogP contribution in [0.2, 0.25) is 0 Å². The van der Waals surface area contributed by atoms with Gasteiger partial charge in [-0.1, -0.05) is 30.3 Å². The second-order valence-corrected chi connectivity index (χ2v) is 4.77. The maximum atomic E-state index is 5.92. The number of nitrogen functional groups attached to an aromatic ring is 1. The summed E-state index contributed by atoms with van der Waals surface area (Å²) in [6.45, 7) is 0. The Morgan fingerprint density at radius 3 is 2.53 bits per heavy atom. The first-order chi connectivity index (χ1) is 8.34. The zero-order chi connectivity index (χ0) is 11.7. The average molecular weight is 240 g/mol. The van der Waals surface area contributed by atoms with Crippen molar-refractivity contribution in [1.82, 2.24) is 0 Å². The Kier molecular flexibility index (Phi) is 2.46. The molecule has 0 atom stereocenters. The summed E-state index contributed by atoms with van der Waals surface area (Å²) in [6, 6.07) is 16.2. The summed E-state index contributed by atoms with van der Waals surface area (Å²) >= 11 is 1.74. The van der Waals surface area contributed by atoms with Crippen molar-refractivity contribution in [1.29, 1.82) is 0 Å². The number of nitrogens with two attached hydrogens (primary N) is 1. The molecule has 3 rings (SSSR count). The first-order valence-electron chi connectivity index (χ1n) is 5.42. The molecule has 1 aromatic heterocycles. The molecule has 2 aromatic carbocycles. The number of benzene rings is 2. The number of anilines is 3. The molecule has 0 aliphatic heterocycles. The molecule has 0 amide bonds. The predicted octanol–water partition coefficient (Wildman–Crippen LogP) is 4.23. The van der Waals surface area contributed by atoms with Gasteiger partial charge in [0.25, 0.3) is 0 Å². The summed E-state index contributed by atoms with van der Waals surface area (Å²) in [5, 5.41) is 6.74. The van der Waals surface area contributed by atoms with Gasteiger partial charge in [0.15, 0.2) is 0 Å². The molecular weight excluding hydrogens is 228 g/mol. The molecule has 0 unspecified atom stereocenters. The van der Waals surface area contributed by atoms with Crippen LogP contribution in [0.15, 0.2) is 53.9 Å². The quantitative estimate of drug-likeness (QED) is 0.658. The summed E-state index contributed by atoms with van der Waals surface area (Å²) in [5.41, 5.74) is 8.76. The van der Waals surface area contributed by atoms with Gasteiger partial charge in [0, 0.05) is 15.5 Å². The minimum Gasteiger partial charge on any atom is -0.397 e. The molecule has 3 aromatic rings. The number of fused-ring (bicyclic) bond motifs is 1. The van der Waals surface area contributed by atoms with Crippen molar-refractivity contribution in [2.75, 3.05) is 11.1 Å². The third-order valence-corrected chi connectivity index (χ3v) is 3.67. The molecule has 3 N–H and O–H groups in total. The van der Waals surface area contributed by atoms with Crippen molar-refractivity contribution in [2.45, 2.75) is 0 Å². The number of thiophene rings is 1. The summed E-state index contributed by atoms with van der Waals surface area (Å²) in [4.78, 5) is 0. The molecule has 0 fully saturated rings. The van der Waals surface area contributed by atoms with Crippen molar-refractivity contribution in [2.24, 2.45) is 0 Å². The minimum absolute atomic E-state index is 0.766. The second kappa shape index (κ2) is 4.11. The number of para-hydroxylation sites is 2. The van der Waals surface area contributed by atoms with Crippen LogP contribution in [0.1, 0.15) is 0 Å². The van der Waals surface area contributed by atoms with Crippen molar-refractivity contribution in [3.8, 4) is 0 Å². The second-order valence-electron chi connectivity index (χ2n) is 3.86. The molecule has 84 valence electrons. The van der Waals surface area contributed by atoms with Crippen LogP contribution >= 0.6 is 11.3 Å². The minimum atomic E-state index is 0.766. The van der Waals surface area contributed by atoms with E-state index in [0.29, 0.717) is 0 Å². The van der Waals surface area contributed by atoms with Crippen LogP contribution < -0.4 is 11.1 Å². The van der Waals surface area contributed by atoms with Crippen LogP contribution in [0.4, 0.5) is 17.1 Å². The van der Waals surface area contributed by atoms with E-state index in [2.05, 4.69) is 35.0 Å². The van der Waals surface area contributed by atoms with E-state index in [1.807, 2.05) is 24.3 Å².